The smallest absolute Gasteiger partial charge is 0.330 e. The minimum absolute atomic E-state index is 0.0858. The lowest BCUT2D eigenvalue weighted by Gasteiger charge is -2.21. The second-order valence-corrected chi connectivity index (χ2v) is 8.16. The number of ether oxygens (including phenoxy) is 1. The van der Waals surface area contributed by atoms with Gasteiger partial charge in [0.1, 0.15) is 6.04 Å². The molecule has 0 radical (unpaired) electrons. The fourth-order valence-electron chi connectivity index (χ4n) is 3.68. The fourth-order valence-corrected chi connectivity index (χ4v) is 3.68. The van der Waals surface area contributed by atoms with Crippen molar-refractivity contribution in [1.82, 2.24) is 15.5 Å². The molecular weight excluding hydrogens is 422 g/mol. The third-order valence-corrected chi connectivity index (χ3v) is 5.40. The minimum Gasteiger partial charge on any atom is -0.391 e. The van der Waals surface area contributed by atoms with Gasteiger partial charge in [0.25, 0.3) is 5.91 Å². The van der Waals surface area contributed by atoms with Gasteiger partial charge < -0.3 is 15.4 Å². The number of benzene rings is 2. The molecule has 0 bridgehead atoms. The molecule has 1 amide bonds. The van der Waals surface area contributed by atoms with Crippen LogP contribution in [0.15, 0.2) is 60.7 Å². The van der Waals surface area contributed by atoms with Crippen molar-refractivity contribution in [3.8, 4) is 0 Å². The third kappa shape index (κ3) is 7.62. The second kappa shape index (κ2) is 12.0. The maximum Gasteiger partial charge on any atom is 0.330 e. The predicted molar refractivity (Wildman–Crippen MR) is 122 cm³/mol. The predicted octanol–water partition coefficient (Wildman–Crippen LogP) is 1.35. The summed E-state index contributed by atoms with van der Waals surface area (Å²) < 4.78 is 4.90. The van der Waals surface area contributed by atoms with Crippen LogP contribution in [0.5, 0.6) is 0 Å². The lowest BCUT2D eigenvalue weighted by Crippen LogP contribution is -2.47. The molecule has 1 unspecified atom stereocenters. The Hall–Kier alpha value is -3.36. The van der Waals surface area contributed by atoms with E-state index in [2.05, 4.69) is 10.6 Å². The van der Waals surface area contributed by atoms with Crippen LogP contribution < -0.4 is 10.6 Å². The Bertz CT molecular complexity index is 959. The van der Waals surface area contributed by atoms with Crippen LogP contribution in [0.4, 0.5) is 0 Å². The molecule has 0 spiro atoms. The van der Waals surface area contributed by atoms with Gasteiger partial charge in [-0.3, -0.25) is 19.3 Å². The van der Waals surface area contributed by atoms with Crippen molar-refractivity contribution < 1.29 is 23.9 Å². The normalized spacial score (nSPS) is 16.2. The highest BCUT2D eigenvalue weighted by Gasteiger charge is 2.27. The number of carbonyl (C=O) groups excluding carboxylic acids is 4. The first kappa shape index (κ1) is 24.3. The van der Waals surface area contributed by atoms with Crippen LogP contribution in [0.25, 0.3) is 0 Å². The molecule has 1 aliphatic heterocycles. The lowest BCUT2D eigenvalue weighted by molar-refractivity contribution is -0.161. The number of hydrogen-bond acceptors (Lipinski definition) is 7. The second-order valence-electron chi connectivity index (χ2n) is 8.16. The molecular formula is C25H29N3O5. The molecule has 1 saturated heterocycles. The van der Waals surface area contributed by atoms with Crippen LogP contribution in [0.3, 0.4) is 0 Å². The van der Waals surface area contributed by atoms with E-state index in [1.807, 2.05) is 36.4 Å². The average Bonchev–Trinajstić information content (AvgIpc) is 3.35. The van der Waals surface area contributed by atoms with Crippen molar-refractivity contribution in [1.29, 1.82) is 0 Å². The van der Waals surface area contributed by atoms with E-state index >= 15 is 0 Å². The lowest BCUT2D eigenvalue weighted by atomic mass is 10.0. The zero-order valence-corrected chi connectivity index (χ0v) is 18.7. The van der Waals surface area contributed by atoms with Gasteiger partial charge in [0.15, 0.2) is 5.78 Å². The Morgan fingerprint density at radius 1 is 1.03 bits per heavy atom. The molecule has 3 rings (SSSR count). The molecule has 33 heavy (non-hydrogen) atoms. The molecule has 2 N–H and O–H groups in total. The van der Waals surface area contributed by atoms with Gasteiger partial charge in [0.05, 0.1) is 19.1 Å². The number of ketones is 1. The number of esters is 2. The summed E-state index contributed by atoms with van der Waals surface area (Å²) >= 11 is 0. The van der Waals surface area contributed by atoms with Crippen LogP contribution in [-0.2, 0) is 25.5 Å². The summed E-state index contributed by atoms with van der Waals surface area (Å²) in [6, 6.07) is 16.8. The van der Waals surface area contributed by atoms with E-state index in [1.165, 1.54) is 4.90 Å². The zero-order valence-electron chi connectivity index (χ0n) is 18.7. The number of rotatable bonds is 10. The minimum atomic E-state index is -0.775. The van der Waals surface area contributed by atoms with Gasteiger partial charge in [-0.25, -0.2) is 4.79 Å². The maximum absolute atomic E-state index is 13.1. The molecule has 8 nitrogen and oxygen atoms in total. The Labute approximate surface area is 193 Å². The van der Waals surface area contributed by atoms with Gasteiger partial charge in [0.2, 0.25) is 0 Å². The van der Waals surface area contributed by atoms with Crippen LogP contribution in [0.1, 0.15) is 28.8 Å². The first-order valence-corrected chi connectivity index (χ1v) is 11.0. The molecule has 0 saturated carbocycles. The highest BCUT2D eigenvalue weighted by molar-refractivity contribution is 5.98. The number of nitrogens with one attached hydrogen (secondary N) is 2. The molecule has 1 aliphatic rings. The van der Waals surface area contributed by atoms with Crippen LogP contribution in [0, 0.1) is 0 Å². The van der Waals surface area contributed by atoms with E-state index < -0.39 is 24.0 Å². The molecule has 8 heteroatoms. The Balaban J connectivity index is 1.59. The first-order chi connectivity index (χ1) is 15.9. The van der Waals surface area contributed by atoms with E-state index in [9.17, 15) is 19.2 Å². The van der Waals surface area contributed by atoms with E-state index in [0.29, 0.717) is 18.4 Å². The number of hydrogen-bond donors (Lipinski definition) is 2. The van der Waals surface area contributed by atoms with E-state index in [4.69, 9.17) is 4.74 Å². The van der Waals surface area contributed by atoms with Gasteiger partial charge in [-0.1, -0.05) is 48.5 Å². The van der Waals surface area contributed by atoms with Crippen molar-refractivity contribution in [3.63, 3.8) is 0 Å². The van der Waals surface area contributed by atoms with Gasteiger partial charge >= 0.3 is 11.9 Å². The summed E-state index contributed by atoms with van der Waals surface area (Å²) in [4.78, 5) is 51.3. The number of nitrogens with zero attached hydrogens (tertiary/aromatic N) is 1. The number of amides is 1. The van der Waals surface area contributed by atoms with E-state index in [0.717, 1.165) is 18.5 Å². The molecule has 174 valence electrons. The number of carbonyl (C=O) groups is 4. The van der Waals surface area contributed by atoms with Crippen molar-refractivity contribution in [3.05, 3.63) is 71.8 Å². The summed E-state index contributed by atoms with van der Waals surface area (Å²) in [6.45, 7) is 0.423. The summed E-state index contributed by atoms with van der Waals surface area (Å²) in [5.74, 6) is -1.89. The van der Waals surface area contributed by atoms with Crippen LogP contribution >= 0.6 is 0 Å². The summed E-state index contributed by atoms with van der Waals surface area (Å²) in [5, 5.41) is 5.80. The zero-order chi connectivity index (χ0) is 23.6. The highest BCUT2D eigenvalue weighted by atomic mass is 16.6. The Kier molecular flexibility index (Phi) is 8.86. The average molecular weight is 452 g/mol. The molecule has 0 aromatic heterocycles. The van der Waals surface area contributed by atoms with Gasteiger partial charge in [-0.2, -0.15) is 0 Å². The Morgan fingerprint density at radius 3 is 2.33 bits per heavy atom. The van der Waals surface area contributed by atoms with Crippen molar-refractivity contribution in [2.75, 3.05) is 26.7 Å². The monoisotopic (exact) mass is 451 g/mol. The van der Waals surface area contributed by atoms with E-state index in [-0.39, 0.29) is 24.8 Å². The topological polar surface area (TPSA) is 105 Å². The largest absolute Gasteiger partial charge is 0.391 e. The standard InChI is InChI=1S/C25H29N3O5/c1-28(17-23(30)33-25(32)20-13-8-14-26-20)16-22(29)21(15-18-9-4-2-5-10-18)27-24(31)19-11-6-3-7-12-19/h2-7,9-12,20-21,26H,8,13-17H2,1H3,(H,27,31)/t20-,21?/m0/s1. The highest BCUT2D eigenvalue weighted by Crippen LogP contribution is 2.08. The first-order valence-electron chi connectivity index (χ1n) is 11.0. The molecule has 2 aromatic rings. The van der Waals surface area contributed by atoms with Gasteiger partial charge in [0, 0.05) is 5.56 Å². The fraction of sp³-hybridized carbons (Fsp3) is 0.360. The molecule has 1 heterocycles. The summed E-state index contributed by atoms with van der Waals surface area (Å²) in [7, 11) is 1.59. The quantitative estimate of drug-likeness (QED) is 0.415. The summed E-state index contributed by atoms with van der Waals surface area (Å²) in [5.41, 5.74) is 1.36. The SMILES string of the molecule is CN(CC(=O)OC(=O)[C@@H]1CCCN1)CC(=O)C(Cc1ccccc1)NC(=O)c1ccccc1. The van der Waals surface area contributed by atoms with Gasteiger partial charge in [-0.05, 0) is 50.6 Å². The van der Waals surface area contributed by atoms with Gasteiger partial charge in [-0.15, -0.1) is 0 Å². The molecule has 2 aromatic carbocycles. The third-order valence-electron chi connectivity index (χ3n) is 5.40. The van der Waals surface area contributed by atoms with Crippen molar-refractivity contribution in [2.45, 2.75) is 31.3 Å². The Morgan fingerprint density at radius 2 is 1.70 bits per heavy atom. The van der Waals surface area contributed by atoms with Crippen molar-refractivity contribution in [2.24, 2.45) is 0 Å². The molecule has 2 atom stereocenters. The van der Waals surface area contributed by atoms with Crippen LogP contribution in [-0.4, -0.2) is 67.3 Å². The maximum atomic E-state index is 13.1. The number of likely N-dealkylation sites (N-methyl/N-ethyl adjacent to an activating group) is 1. The molecule has 0 aliphatic carbocycles. The van der Waals surface area contributed by atoms with E-state index in [1.54, 1.807) is 31.3 Å². The van der Waals surface area contributed by atoms with Crippen molar-refractivity contribution >= 4 is 23.6 Å². The number of Topliss-reactive ketones (excluding diaryl/α,β-unsaturated/α-hetero) is 1. The summed E-state index contributed by atoms with van der Waals surface area (Å²) in [6.07, 6.45) is 1.82. The van der Waals surface area contributed by atoms with Crippen LogP contribution in [0.2, 0.25) is 0 Å². The molecule has 1 fully saturated rings.